The van der Waals surface area contributed by atoms with Gasteiger partial charge in [0.15, 0.2) is 0 Å². The summed E-state index contributed by atoms with van der Waals surface area (Å²) in [5.41, 5.74) is 1.75. The van der Waals surface area contributed by atoms with Crippen LogP contribution in [0.4, 0.5) is 22.0 Å². The van der Waals surface area contributed by atoms with Crippen LogP contribution in [0, 0.1) is 11.8 Å². The lowest BCUT2D eigenvalue weighted by Gasteiger charge is -2.33. The van der Waals surface area contributed by atoms with E-state index in [0.29, 0.717) is 34.9 Å². The van der Waals surface area contributed by atoms with Gasteiger partial charge in [-0.15, -0.1) is 5.10 Å². The lowest BCUT2D eigenvalue weighted by atomic mass is 9.81. The number of hydrogen-bond acceptors (Lipinski definition) is 5. The second-order valence-corrected chi connectivity index (χ2v) is 11.2. The number of H-pyrrole nitrogens is 1. The van der Waals surface area contributed by atoms with Crippen LogP contribution in [-0.4, -0.2) is 48.6 Å². The van der Waals surface area contributed by atoms with Crippen molar-refractivity contribution in [1.82, 2.24) is 35.4 Å². The van der Waals surface area contributed by atoms with Crippen molar-refractivity contribution in [2.75, 3.05) is 0 Å². The van der Waals surface area contributed by atoms with Gasteiger partial charge < -0.3 is 15.6 Å². The summed E-state index contributed by atoms with van der Waals surface area (Å²) >= 11 is 0. The van der Waals surface area contributed by atoms with Crippen LogP contribution in [0.3, 0.4) is 0 Å². The summed E-state index contributed by atoms with van der Waals surface area (Å²) in [6.07, 6.45) is -2.77. The summed E-state index contributed by atoms with van der Waals surface area (Å²) in [7, 11) is 0. The molecule has 2 atom stereocenters. The van der Waals surface area contributed by atoms with Crippen LogP contribution in [0.1, 0.15) is 92.4 Å². The number of fused-ring (bicyclic) bond motifs is 1. The highest BCUT2D eigenvalue weighted by atomic mass is 19.4. The second kappa shape index (κ2) is 11.4. The highest BCUT2D eigenvalue weighted by Gasteiger charge is 2.40. The molecule has 2 heterocycles. The first kappa shape index (κ1) is 28.9. The summed E-state index contributed by atoms with van der Waals surface area (Å²) in [6, 6.07) is 3.84. The Balaban J connectivity index is 1.33. The smallest absolute Gasteiger partial charge is 0.350 e. The maximum atomic E-state index is 13.9. The fourth-order valence-electron chi connectivity index (χ4n) is 5.18. The van der Waals surface area contributed by atoms with Crippen LogP contribution in [0.25, 0.3) is 11.0 Å². The summed E-state index contributed by atoms with van der Waals surface area (Å²) in [6.45, 7) is 2.35. The first-order valence-corrected chi connectivity index (χ1v) is 13.8. The lowest BCUT2D eigenvalue weighted by molar-refractivity contribution is -0.144. The van der Waals surface area contributed by atoms with Crippen molar-refractivity contribution in [3.8, 4) is 0 Å². The minimum atomic E-state index is -4.42. The molecule has 0 bridgehead atoms. The molecule has 9 nitrogen and oxygen atoms in total. The summed E-state index contributed by atoms with van der Waals surface area (Å²) in [5.74, 6) is -3.38. The molecule has 1 aromatic carbocycles. The molecular formula is C27H32F5N7O2. The average molecular weight is 582 g/mol. The van der Waals surface area contributed by atoms with E-state index in [1.165, 1.54) is 6.33 Å². The second-order valence-electron chi connectivity index (χ2n) is 11.2. The number of hydrogen-bond donors (Lipinski definition) is 3. The Labute approximate surface area is 232 Å². The number of aromatic nitrogens is 5. The molecular weight excluding hydrogens is 549 g/mol. The van der Waals surface area contributed by atoms with Gasteiger partial charge in [0, 0.05) is 25.8 Å². The van der Waals surface area contributed by atoms with Crippen molar-refractivity contribution in [3.05, 3.63) is 41.7 Å². The van der Waals surface area contributed by atoms with E-state index in [1.54, 1.807) is 29.8 Å². The van der Waals surface area contributed by atoms with Crippen molar-refractivity contribution in [2.24, 2.45) is 11.8 Å². The van der Waals surface area contributed by atoms with Crippen molar-refractivity contribution in [3.63, 3.8) is 0 Å². The third-order valence-electron chi connectivity index (χ3n) is 7.73. The quantitative estimate of drug-likeness (QED) is 0.278. The zero-order valence-corrected chi connectivity index (χ0v) is 22.5. The molecule has 222 valence electrons. The van der Waals surface area contributed by atoms with E-state index in [-0.39, 0.29) is 37.4 Å². The van der Waals surface area contributed by atoms with Gasteiger partial charge in [-0.1, -0.05) is 6.07 Å². The highest BCUT2D eigenvalue weighted by molar-refractivity contribution is 5.90. The Hall–Kier alpha value is -3.58. The minimum absolute atomic E-state index is 0.00900. The zero-order valence-electron chi connectivity index (χ0n) is 22.5. The number of aromatic amines is 1. The molecule has 5 rings (SSSR count). The first-order chi connectivity index (χ1) is 19.3. The topological polar surface area (TPSA) is 118 Å². The van der Waals surface area contributed by atoms with E-state index in [9.17, 15) is 31.5 Å². The highest BCUT2D eigenvalue weighted by Crippen LogP contribution is 2.41. The van der Waals surface area contributed by atoms with E-state index in [0.717, 1.165) is 12.8 Å². The maximum Gasteiger partial charge on any atom is 0.389 e. The molecule has 2 saturated carbocycles. The molecule has 0 spiro atoms. The molecule has 14 heteroatoms. The minimum Gasteiger partial charge on any atom is -0.350 e. The number of amides is 2. The van der Waals surface area contributed by atoms with E-state index in [1.807, 2.05) is 0 Å². The monoisotopic (exact) mass is 581 g/mol. The molecule has 0 aliphatic heterocycles. The Morgan fingerprint density at radius 2 is 1.88 bits per heavy atom. The molecule has 2 aromatic heterocycles. The van der Waals surface area contributed by atoms with Crippen LogP contribution in [0.15, 0.2) is 24.5 Å². The van der Waals surface area contributed by atoms with Gasteiger partial charge in [-0.25, -0.2) is 18.7 Å². The number of rotatable bonds is 10. The molecule has 2 amide bonds. The Morgan fingerprint density at radius 3 is 2.56 bits per heavy atom. The van der Waals surface area contributed by atoms with E-state index < -0.39 is 48.8 Å². The van der Waals surface area contributed by atoms with Gasteiger partial charge in [-0.2, -0.15) is 13.2 Å². The van der Waals surface area contributed by atoms with Crippen LogP contribution in [-0.2, 0) is 11.3 Å². The number of carbonyl (C=O) groups excluding carboxylic acids is 2. The van der Waals surface area contributed by atoms with E-state index >= 15 is 0 Å². The predicted molar refractivity (Wildman–Crippen MR) is 138 cm³/mol. The van der Waals surface area contributed by atoms with Crippen molar-refractivity contribution >= 4 is 22.8 Å². The van der Waals surface area contributed by atoms with Gasteiger partial charge in [0.1, 0.15) is 12.2 Å². The molecule has 0 saturated heterocycles. The van der Waals surface area contributed by atoms with Crippen molar-refractivity contribution in [2.45, 2.75) is 89.0 Å². The lowest BCUT2D eigenvalue weighted by Crippen LogP contribution is -2.38. The number of carbonyl (C=O) groups is 2. The number of imidazole rings is 1. The molecule has 0 radical (unpaired) electrons. The van der Waals surface area contributed by atoms with Gasteiger partial charge in [0.05, 0.1) is 29.5 Å². The fraction of sp³-hybridized carbons (Fsp3) is 0.593. The van der Waals surface area contributed by atoms with Crippen molar-refractivity contribution < 1.29 is 31.5 Å². The average Bonchev–Trinajstić information content (AvgIpc) is 3.41. The molecule has 2 fully saturated rings. The van der Waals surface area contributed by atoms with Gasteiger partial charge in [-0.3, -0.25) is 14.3 Å². The number of nitrogens with zero attached hydrogens (tertiary/aromatic N) is 4. The van der Waals surface area contributed by atoms with Crippen LogP contribution >= 0.6 is 0 Å². The van der Waals surface area contributed by atoms with Crippen molar-refractivity contribution in [1.29, 1.82) is 0 Å². The number of halogens is 5. The third kappa shape index (κ3) is 7.59. The van der Waals surface area contributed by atoms with Gasteiger partial charge in [0.2, 0.25) is 17.7 Å². The Bertz CT molecular complexity index is 1390. The Morgan fingerprint density at radius 1 is 1.15 bits per heavy atom. The number of nitrogens with one attached hydrogen (secondary N) is 3. The van der Waals surface area contributed by atoms with Gasteiger partial charge in [0.25, 0.3) is 5.91 Å². The van der Waals surface area contributed by atoms with Crippen LogP contribution < -0.4 is 10.6 Å². The largest absolute Gasteiger partial charge is 0.389 e. The molecule has 2 aliphatic carbocycles. The Kier molecular flexibility index (Phi) is 8.02. The normalized spacial score (nSPS) is 19.2. The number of alkyl halides is 5. The standard InChI is InChI=1S/C27H32F5N7O2/c1-15(34-21(40)8-11-27(30,31)32)18-4-5-19-20(12-18)36-23(35-19)22(17-6-9-26(28,29)10-7-17)37-25(41)24-33-14-39(38-24)13-16-2-3-16/h4-5,12,14-17,22H,2-3,6-11,13H2,1H3,(H,34,40)(H,35,36)(H,37,41)/t15-,22+/m1/s1. The predicted octanol–water partition coefficient (Wildman–Crippen LogP) is 5.38. The molecule has 0 unspecified atom stereocenters. The van der Waals surface area contributed by atoms with Gasteiger partial charge in [-0.05, 0) is 62.1 Å². The van der Waals surface area contributed by atoms with E-state index in [4.69, 9.17) is 0 Å². The van der Waals surface area contributed by atoms with Crippen LogP contribution in [0.2, 0.25) is 0 Å². The fourth-order valence-corrected chi connectivity index (χ4v) is 5.18. The number of benzene rings is 1. The summed E-state index contributed by atoms with van der Waals surface area (Å²) in [4.78, 5) is 37.1. The maximum absolute atomic E-state index is 13.9. The molecule has 3 N–H and O–H groups in total. The molecule has 2 aliphatic rings. The molecule has 41 heavy (non-hydrogen) atoms. The third-order valence-corrected chi connectivity index (χ3v) is 7.73. The first-order valence-electron chi connectivity index (χ1n) is 13.8. The zero-order chi connectivity index (χ0) is 29.4. The van der Waals surface area contributed by atoms with Gasteiger partial charge >= 0.3 is 6.18 Å². The van der Waals surface area contributed by atoms with E-state index in [2.05, 4.69) is 30.7 Å². The summed E-state index contributed by atoms with van der Waals surface area (Å²) in [5, 5.41) is 9.76. The van der Waals surface area contributed by atoms with Crippen LogP contribution in [0.5, 0.6) is 0 Å². The summed E-state index contributed by atoms with van der Waals surface area (Å²) < 4.78 is 66.9. The SMILES string of the molecule is C[C@@H](NC(=O)CCC(F)(F)F)c1ccc2nc([C@@H](NC(=O)c3ncn(CC4CC4)n3)C3CCC(F)(F)CC3)[nH]c2c1. The molecule has 3 aromatic rings.